The van der Waals surface area contributed by atoms with Crippen LogP contribution < -0.4 is 15.8 Å². The van der Waals surface area contributed by atoms with E-state index in [9.17, 15) is 4.79 Å². The van der Waals surface area contributed by atoms with Gasteiger partial charge >= 0.3 is 6.03 Å². The van der Waals surface area contributed by atoms with E-state index in [0.717, 1.165) is 0 Å². The van der Waals surface area contributed by atoms with Crippen molar-refractivity contribution in [1.82, 2.24) is 4.90 Å². The third kappa shape index (κ3) is 5.72. The molecule has 0 saturated carbocycles. The molecule has 0 aliphatic carbocycles. The van der Waals surface area contributed by atoms with Crippen molar-refractivity contribution >= 4 is 17.6 Å². The average molecular weight is 292 g/mol. The number of carbonyl (C=O) groups is 1. The Labute approximate surface area is 125 Å². The van der Waals surface area contributed by atoms with Crippen LogP contribution in [0.2, 0.25) is 0 Å². The van der Waals surface area contributed by atoms with Crippen molar-refractivity contribution in [3.63, 3.8) is 0 Å². The zero-order valence-electron chi connectivity index (χ0n) is 12.8. The van der Waals surface area contributed by atoms with E-state index < -0.39 is 0 Å². The Morgan fingerprint density at radius 1 is 1.43 bits per heavy atom. The van der Waals surface area contributed by atoms with Gasteiger partial charge in [0.1, 0.15) is 5.75 Å². The highest BCUT2D eigenvalue weighted by Gasteiger charge is 2.16. The van der Waals surface area contributed by atoms with E-state index >= 15 is 0 Å². The highest BCUT2D eigenvalue weighted by atomic mass is 16.5. The molecular formula is C15H24N4O2. The summed E-state index contributed by atoms with van der Waals surface area (Å²) in [5.41, 5.74) is 6.00. The molecule has 1 rings (SSSR count). The minimum Gasteiger partial charge on any atom is -0.495 e. The fourth-order valence-corrected chi connectivity index (χ4v) is 1.91. The zero-order chi connectivity index (χ0) is 15.8. The maximum Gasteiger partial charge on any atom is 0.321 e. The minimum atomic E-state index is -0.213. The van der Waals surface area contributed by atoms with Gasteiger partial charge in [-0.2, -0.15) is 0 Å². The summed E-state index contributed by atoms with van der Waals surface area (Å²) < 4.78 is 5.22. The van der Waals surface area contributed by atoms with Gasteiger partial charge in [0.2, 0.25) is 0 Å². The largest absolute Gasteiger partial charge is 0.495 e. The van der Waals surface area contributed by atoms with Gasteiger partial charge in [0.25, 0.3) is 0 Å². The predicted molar refractivity (Wildman–Crippen MR) is 85.0 cm³/mol. The van der Waals surface area contributed by atoms with Gasteiger partial charge in [-0.25, -0.2) is 4.79 Å². The molecule has 4 N–H and O–H groups in total. The monoisotopic (exact) mass is 292 g/mol. The van der Waals surface area contributed by atoms with E-state index in [1.807, 2.05) is 26.0 Å². The number of carbonyl (C=O) groups excluding carboxylic acids is 1. The number of methoxy groups -OCH3 is 1. The molecular weight excluding hydrogens is 268 g/mol. The van der Waals surface area contributed by atoms with Gasteiger partial charge in [-0.1, -0.05) is 26.0 Å². The average Bonchev–Trinajstić information content (AvgIpc) is 2.43. The van der Waals surface area contributed by atoms with Gasteiger partial charge in [0, 0.05) is 19.5 Å². The van der Waals surface area contributed by atoms with Crippen LogP contribution in [0, 0.1) is 11.3 Å². The summed E-state index contributed by atoms with van der Waals surface area (Å²) >= 11 is 0. The first-order valence-corrected chi connectivity index (χ1v) is 6.96. The first-order valence-electron chi connectivity index (χ1n) is 6.96. The lowest BCUT2D eigenvalue weighted by Gasteiger charge is -2.25. The molecule has 0 aliphatic heterocycles. The maximum atomic E-state index is 12.4. The number of para-hydroxylation sites is 2. The Hall–Kier alpha value is -2.24. The molecule has 0 bridgehead atoms. The van der Waals surface area contributed by atoms with Gasteiger partial charge in [-0.05, 0) is 18.1 Å². The third-order valence-corrected chi connectivity index (χ3v) is 2.87. The standard InChI is InChI=1S/C15H24N4O2/c1-11(2)10-19(9-8-14(16)17)15(20)18-12-6-4-5-7-13(12)21-3/h4-7,11H,8-10H2,1-3H3,(H3,16,17)(H,18,20). The quantitative estimate of drug-likeness (QED) is 0.532. The summed E-state index contributed by atoms with van der Waals surface area (Å²) in [5, 5.41) is 10.1. The molecule has 6 heteroatoms. The van der Waals surface area contributed by atoms with Gasteiger partial charge in [-0.15, -0.1) is 0 Å². The molecule has 116 valence electrons. The van der Waals surface area contributed by atoms with E-state index in [0.29, 0.717) is 36.9 Å². The number of ether oxygens (including phenoxy) is 1. The second-order valence-electron chi connectivity index (χ2n) is 5.25. The minimum absolute atomic E-state index is 0.0776. The van der Waals surface area contributed by atoms with Crippen LogP contribution in [0.5, 0.6) is 5.75 Å². The van der Waals surface area contributed by atoms with Gasteiger partial charge in [0.15, 0.2) is 0 Å². The summed E-state index contributed by atoms with van der Waals surface area (Å²) in [6.07, 6.45) is 0.367. The Morgan fingerprint density at radius 3 is 2.67 bits per heavy atom. The molecule has 0 aliphatic rings. The number of urea groups is 1. The van der Waals surface area contributed by atoms with Crippen LogP contribution in [0.3, 0.4) is 0 Å². The first-order chi connectivity index (χ1) is 9.93. The number of hydrogen-bond donors (Lipinski definition) is 3. The van der Waals surface area contributed by atoms with Crippen molar-refractivity contribution in [3.8, 4) is 5.75 Å². The van der Waals surface area contributed by atoms with Gasteiger partial charge in [-0.3, -0.25) is 5.41 Å². The van der Waals surface area contributed by atoms with E-state index in [-0.39, 0.29) is 11.9 Å². The lowest BCUT2D eigenvalue weighted by Crippen LogP contribution is -2.39. The SMILES string of the molecule is COc1ccccc1NC(=O)N(CCC(=N)N)CC(C)C. The predicted octanol–water partition coefficient (Wildman–Crippen LogP) is 2.51. The highest BCUT2D eigenvalue weighted by Crippen LogP contribution is 2.23. The number of anilines is 1. The van der Waals surface area contributed by atoms with Crippen molar-refractivity contribution < 1.29 is 9.53 Å². The molecule has 0 atom stereocenters. The van der Waals surface area contributed by atoms with E-state index in [1.54, 1.807) is 24.1 Å². The summed E-state index contributed by atoms with van der Waals surface area (Å²) in [7, 11) is 1.56. The molecule has 6 nitrogen and oxygen atoms in total. The molecule has 0 heterocycles. The van der Waals surface area contributed by atoms with Crippen molar-refractivity contribution in [2.45, 2.75) is 20.3 Å². The summed E-state index contributed by atoms with van der Waals surface area (Å²) in [6, 6.07) is 7.04. The molecule has 2 amide bonds. The number of amidine groups is 1. The lowest BCUT2D eigenvalue weighted by atomic mass is 10.2. The zero-order valence-corrected chi connectivity index (χ0v) is 12.8. The van der Waals surface area contributed by atoms with Crippen LogP contribution in [-0.2, 0) is 0 Å². The summed E-state index contributed by atoms with van der Waals surface area (Å²) in [5.74, 6) is 1.02. The van der Waals surface area contributed by atoms with E-state index in [1.165, 1.54) is 0 Å². The van der Waals surface area contributed by atoms with Crippen molar-refractivity contribution in [2.75, 3.05) is 25.5 Å². The topological polar surface area (TPSA) is 91.4 Å². The Morgan fingerprint density at radius 2 is 2.10 bits per heavy atom. The van der Waals surface area contributed by atoms with Crippen LogP contribution >= 0.6 is 0 Å². The van der Waals surface area contributed by atoms with Crippen LogP contribution in [0.25, 0.3) is 0 Å². The molecule has 0 aromatic heterocycles. The molecule has 1 aromatic carbocycles. The van der Waals surface area contributed by atoms with E-state index in [2.05, 4.69) is 5.32 Å². The Balaban J connectivity index is 2.77. The van der Waals surface area contributed by atoms with Crippen LogP contribution in [-0.4, -0.2) is 37.0 Å². The van der Waals surface area contributed by atoms with Crippen LogP contribution in [0.15, 0.2) is 24.3 Å². The molecule has 0 unspecified atom stereocenters. The number of amides is 2. The highest BCUT2D eigenvalue weighted by molar-refractivity contribution is 5.91. The smallest absolute Gasteiger partial charge is 0.321 e. The maximum absolute atomic E-state index is 12.4. The van der Waals surface area contributed by atoms with Gasteiger partial charge < -0.3 is 20.7 Å². The summed E-state index contributed by atoms with van der Waals surface area (Å²) in [4.78, 5) is 14.0. The number of nitrogens with one attached hydrogen (secondary N) is 2. The molecule has 1 aromatic rings. The number of rotatable bonds is 7. The van der Waals surface area contributed by atoms with Gasteiger partial charge in [0.05, 0.1) is 18.6 Å². The van der Waals surface area contributed by atoms with Crippen molar-refractivity contribution in [1.29, 1.82) is 5.41 Å². The summed E-state index contributed by atoms with van der Waals surface area (Å²) in [6.45, 7) is 5.11. The number of benzene rings is 1. The van der Waals surface area contributed by atoms with Crippen LogP contribution in [0.4, 0.5) is 10.5 Å². The van der Waals surface area contributed by atoms with E-state index in [4.69, 9.17) is 15.9 Å². The Kier molecular flexibility index (Phi) is 6.52. The molecule has 0 radical (unpaired) electrons. The Bertz CT molecular complexity index is 488. The number of nitrogens with zero attached hydrogens (tertiary/aromatic N) is 1. The van der Waals surface area contributed by atoms with Crippen molar-refractivity contribution in [2.24, 2.45) is 11.7 Å². The fraction of sp³-hybridized carbons (Fsp3) is 0.467. The molecule has 0 spiro atoms. The van der Waals surface area contributed by atoms with Crippen LogP contribution in [0.1, 0.15) is 20.3 Å². The third-order valence-electron chi connectivity index (χ3n) is 2.87. The fourth-order valence-electron chi connectivity index (χ4n) is 1.91. The number of hydrogen-bond acceptors (Lipinski definition) is 3. The second kappa shape index (κ2) is 8.14. The normalized spacial score (nSPS) is 10.3. The first kappa shape index (κ1) is 16.8. The molecule has 0 fully saturated rings. The second-order valence-corrected chi connectivity index (χ2v) is 5.25. The lowest BCUT2D eigenvalue weighted by molar-refractivity contribution is 0.206. The molecule has 0 saturated heterocycles. The number of nitrogens with two attached hydrogens (primary N) is 1. The molecule has 21 heavy (non-hydrogen) atoms. The van der Waals surface area contributed by atoms with Crippen molar-refractivity contribution in [3.05, 3.63) is 24.3 Å².